The van der Waals surface area contributed by atoms with Gasteiger partial charge in [-0.15, -0.1) is 0 Å². The molecule has 0 aromatic heterocycles. The second kappa shape index (κ2) is 5.97. The summed E-state index contributed by atoms with van der Waals surface area (Å²) in [6.45, 7) is 11.6. The van der Waals surface area contributed by atoms with Crippen molar-refractivity contribution in [1.82, 2.24) is 0 Å². The molecule has 0 unspecified atom stereocenters. The Bertz CT molecular complexity index is 450. The number of carbonyl (C=O) groups excluding carboxylic acids is 1. The minimum atomic E-state index is -1.74. The van der Waals surface area contributed by atoms with E-state index in [0.29, 0.717) is 19.3 Å². The highest BCUT2D eigenvalue weighted by molar-refractivity contribution is 6.74. The lowest BCUT2D eigenvalue weighted by atomic mass is 10.1. The summed E-state index contributed by atoms with van der Waals surface area (Å²) >= 11 is 0. The van der Waals surface area contributed by atoms with Gasteiger partial charge >= 0.3 is 0 Å². The van der Waals surface area contributed by atoms with E-state index in [1.165, 1.54) is 6.07 Å². The Kier molecular flexibility index (Phi) is 5.04. The molecule has 0 atom stereocenters. The normalized spacial score (nSPS) is 12.5. The van der Waals surface area contributed by atoms with Crippen LogP contribution in [0.5, 0.6) is 0 Å². The maximum atomic E-state index is 13.2. The van der Waals surface area contributed by atoms with Crippen LogP contribution >= 0.6 is 0 Å². The van der Waals surface area contributed by atoms with Crippen molar-refractivity contribution < 1.29 is 13.6 Å². The fourth-order valence-corrected chi connectivity index (χ4v) is 2.52. The molecular formula is C15H23FO2Si. The van der Waals surface area contributed by atoms with E-state index in [0.717, 1.165) is 5.56 Å². The highest BCUT2D eigenvalue weighted by Gasteiger charge is 2.36. The Balaban J connectivity index is 2.61. The monoisotopic (exact) mass is 282 g/mol. The van der Waals surface area contributed by atoms with Gasteiger partial charge in [-0.3, -0.25) is 4.79 Å². The summed E-state index contributed by atoms with van der Waals surface area (Å²) in [5.74, 6) is -0.468. The van der Waals surface area contributed by atoms with Gasteiger partial charge in [0.25, 0.3) is 0 Å². The first-order valence-corrected chi connectivity index (χ1v) is 9.46. The molecule has 0 spiro atoms. The average molecular weight is 282 g/mol. The van der Waals surface area contributed by atoms with E-state index in [1.807, 2.05) is 0 Å². The van der Waals surface area contributed by atoms with Crippen molar-refractivity contribution in [2.24, 2.45) is 0 Å². The molecule has 1 aromatic rings. The molecule has 1 rings (SSSR count). The first-order valence-electron chi connectivity index (χ1n) is 6.55. The zero-order valence-corrected chi connectivity index (χ0v) is 13.4. The molecule has 106 valence electrons. The van der Waals surface area contributed by atoms with Gasteiger partial charge in [-0.1, -0.05) is 26.8 Å². The molecule has 0 aliphatic heterocycles. The van der Waals surface area contributed by atoms with E-state index in [2.05, 4.69) is 33.9 Å². The number of benzene rings is 1. The zero-order chi connectivity index (χ0) is 14.7. The minimum Gasteiger partial charge on any atom is -0.416 e. The van der Waals surface area contributed by atoms with Crippen molar-refractivity contribution in [3.8, 4) is 0 Å². The Morgan fingerprint density at radius 1 is 1.32 bits per heavy atom. The molecule has 0 heterocycles. The summed E-state index contributed by atoms with van der Waals surface area (Å²) in [4.78, 5) is 10.7. The van der Waals surface area contributed by atoms with Crippen LogP contribution in [0.4, 0.5) is 4.39 Å². The van der Waals surface area contributed by atoms with E-state index in [9.17, 15) is 9.18 Å². The lowest BCUT2D eigenvalue weighted by Crippen LogP contribution is -2.41. The summed E-state index contributed by atoms with van der Waals surface area (Å²) in [5, 5.41) is 0.184. The number of halogens is 1. The van der Waals surface area contributed by atoms with Crippen LogP contribution < -0.4 is 0 Å². The number of carbonyl (C=O) groups is 1. The van der Waals surface area contributed by atoms with Gasteiger partial charge in [-0.05, 0) is 42.2 Å². The maximum Gasteiger partial charge on any atom is 0.191 e. The highest BCUT2D eigenvalue weighted by Crippen LogP contribution is 2.36. The first kappa shape index (κ1) is 16.1. The Morgan fingerprint density at radius 2 is 1.95 bits per heavy atom. The number of aldehydes is 1. The van der Waals surface area contributed by atoms with Gasteiger partial charge < -0.3 is 4.43 Å². The summed E-state index contributed by atoms with van der Waals surface area (Å²) in [6, 6.07) is 4.64. The maximum absolute atomic E-state index is 13.2. The molecule has 0 fully saturated rings. The third-order valence-electron chi connectivity index (χ3n) is 3.85. The van der Waals surface area contributed by atoms with Gasteiger partial charge in [0.05, 0.1) is 5.56 Å². The molecule has 0 aliphatic carbocycles. The predicted molar refractivity (Wildman–Crippen MR) is 78.6 cm³/mol. The highest BCUT2D eigenvalue weighted by atomic mass is 28.4. The minimum absolute atomic E-state index is 0.116. The van der Waals surface area contributed by atoms with Crippen LogP contribution in [0.2, 0.25) is 18.1 Å². The van der Waals surface area contributed by atoms with Crippen LogP contribution in [-0.2, 0) is 10.8 Å². The van der Waals surface area contributed by atoms with E-state index in [-0.39, 0.29) is 10.6 Å². The fraction of sp³-hybridized carbons (Fsp3) is 0.533. The molecule has 0 saturated heterocycles. The summed E-state index contributed by atoms with van der Waals surface area (Å²) < 4.78 is 19.2. The predicted octanol–water partition coefficient (Wildman–Crippen LogP) is 4.20. The van der Waals surface area contributed by atoms with Gasteiger partial charge in [0.1, 0.15) is 5.82 Å². The van der Waals surface area contributed by atoms with Crippen molar-refractivity contribution in [2.75, 3.05) is 6.61 Å². The molecule has 4 heteroatoms. The number of hydrogen-bond donors (Lipinski definition) is 0. The second-order valence-electron chi connectivity index (χ2n) is 6.33. The average Bonchev–Trinajstić information content (AvgIpc) is 2.29. The van der Waals surface area contributed by atoms with Gasteiger partial charge in [0, 0.05) is 6.61 Å². The Labute approximate surface area is 116 Å². The quantitative estimate of drug-likeness (QED) is 0.597. The summed E-state index contributed by atoms with van der Waals surface area (Å²) in [5.41, 5.74) is 1.05. The lowest BCUT2D eigenvalue weighted by molar-refractivity contribution is 0.111. The first-order chi connectivity index (χ1) is 8.67. The Hall–Kier alpha value is -1.00. The van der Waals surface area contributed by atoms with Crippen molar-refractivity contribution in [3.05, 3.63) is 35.1 Å². The second-order valence-corrected chi connectivity index (χ2v) is 11.1. The van der Waals surface area contributed by atoms with Crippen LogP contribution in [-0.4, -0.2) is 21.2 Å². The molecule has 19 heavy (non-hydrogen) atoms. The van der Waals surface area contributed by atoms with Crippen LogP contribution in [0.15, 0.2) is 18.2 Å². The lowest BCUT2D eigenvalue weighted by Gasteiger charge is -2.36. The molecule has 0 radical (unpaired) electrons. The summed E-state index contributed by atoms with van der Waals surface area (Å²) in [6.07, 6.45) is 1.25. The fourth-order valence-electron chi connectivity index (χ4n) is 1.48. The van der Waals surface area contributed by atoms with Crippen molar-refractivity contribution in [1.29, 1.82) is 0 Å². The van der Waals surface area contributed by atoms with E-state index in [1.54, 1.807) is 12.1 Å². The molecule has 0 bridgehead atoms. The smallest absolute Gasteiger partial charge is 0.191 e. The number of hydrogen-bond acceptors (Lipinski definition) is 2. The summed E-state index contributed by atoms with van der Waals surface area (Å²) in [7, 11) is -1.74. The van der Waals surface area contributed by atoms with E-state index >= 15 is 0 Å². The van der Waals surface area contributed by atoms with E-state index < -0.39 is 14.1 Å². The topological polar surface area (TPSA) is 26.3 Å². The third kappa shape index (κ3) is 4.25. The largest absolute Gasteiger partial charge is 0.416 e. The van der Waals surface area contributed by atoms with Gasteiger partial charge in [0.15, 0.2) is 14.6 Å². The molecule has 0 aliphatic rings. The van der Waals surface area contributed by atoms with Gasteiger partial charge in [0.2, 0.25) is 0 Å². The zero-order valence-electron chi connectivity index (χ0n) is 12.4. The standard InChI is InChI=1S/C15H23FO2Si/c1-15(2,3)19(4,5)18-9-8-12-6-7-14(16)13(10-12)11-17/h6-7,10-11H,8-9H2,1-5H3. The van der Waals surface area contributed by atoms with Gasteiger partial charge in [-0.25, -0.2) is 4.39 Å². The van der Waals surface area contributed by atoms with Crippen molar-refractivity contribution >= 4 is 14.6 Å². The molecule has 0 N–H and O–H groups in total. The van der Waals surface area contributed by atoms with E-state index in [4.69, 9.17) is 4.43 Å². The Morgan fingerprint density at radius 3 is 2.47 bits per heavy atom. The van der Waals surface area contributed by atoms with Gasteiger partial charge in [-0.2, -0.15) is 0 Å². The van der Waals surface area contributed by atoms with Crippen LogP contribution in [0, 0.1) is 5.82 Å². The van der Waals surface area contributed by atoms with Crippen LogP contribution in [0.25, 0.3) is 0 Å². The molecule has 0 amide bonds. The number of rotatable bonds is 5. The third-order valence-corrected chi connectivity index (χ3v) is 8.39. The molecule has 1 aromatic carbocycles. The SMILES string of the molecule is CC(C)(C)[Si](C)(C)OCCc1ccc(F)c(C=O)c1. The van der Waals surface area contributed by atoms with Crippen molar-refractivity contribution in [2.45, 2.75) is 45.3 Å². The molecular weight excluding hydrogens is 259 g/mol. The molecule has 0 saturated carbocycles. The van der Waals surface area contributed by atoms with Crippen LogP contribution in [0.1, 0.15) is 36.7 Å². The van der Waals surface area contributed by atoms with Crippen molar-refractivity contribution in [3.63, 3.8) is 0 Å². The van der Waals surface area contributed by atoms with Crippen LogP contribution in [0.3, 0.4) is 0 Å². The molecule has 2 nitrogen and oxygen atoms in total.